The normalized spacial score (nSPS) is 21.4. The van der Waals surface area contributed by atoms with E-state index in [4.69, 9.17) is 16.1 Å². The maximum absolute atomic E-state index is 11.3. The van der Waals surface area contributed by atoms with Crippen molar-refractivity contribution in [1.82, 2.24) is 15.1 Å². The van der Waals surface area contributed by atoms with E-state index in [2.05, 4.69) is 15.1 Å². The fourth-order valence-electron chi connectivity index (χ4n) is 2.36. The number of carboxylic acids is 1. The second-order valence-corrected chi connectivity index (χ2v) is 5.25. The van der Waals surface area contributed by atoms with Crippen molar-refractivity contribution in [3.8, 4) is 11.5 Å². The largest absolute Gasteiger partial charge is 0.481 e. The Labute approximate surface area is 125 Å². The average Bonchev–Trinajstić information content (AvgIpc) is 2.97. The van der Waals surface area contributed by atoms with Crippen molar-refractivity contribution in [2.24, 2.45) is 5.92 Å². The molecule has 0 saturated carbocycles. The zero-order valence-corrected chi connectivity index (χ0v) is 11.7. The van der Waals surface area contributed by atoms with Crippen molar-refractivity contribution in [2.75, 3.05) is 0 Å². The van der Waals surface area contributed by atoms with Gasteiger partial charge in [0.1, 0.15) is 5.69 Å². The SMILES string of the molecule is O=C(O)[C@H]1CC=CC[C@H]1c1nc(-c2ccc(Cl)cn2)no1. The Balaban J connectivity index is 1.88. The molecule has 0 fully saturated rings. The van der Waals surface area contributed by atoms with Crippen molar-refractivity contribution in [3.63, 3.8) is 0 Å². The lowest BCUT2D eigenvalue weighted by Crippen LogP contribution is -2.23. The molecule has 0 amide bonds. The Kier molecular flexibility index (Phi) is 3.70. The molecule has 2 aromatic heterocycles. The molecular weight excluding hydrogens is 294 g/mol. The summed E-state index contributed by atoms with van der Waals surface area (Å²) in [4.78, 5) is 19.7. The molecule has 1 aliphatic rings. The summed E-state index contributed by atoms with van der Waals surface area (Å²) in [6.07, 6.45) is 6.35. The van der Waals surface area contributed by atoms with Crippen LogP contribution in [0.15, 0.2) is 35.0 Å². The number of carbonyl (C=O) groups is 1. The molecule has 0 aliphatic heterocycles. The van der Waals surface area contributed by atoms with Gasteiger partial charge in [-0.1, -0.05) is 28.9 Å². The Morgan fingerprint density at radius 3 is 2.86 bits per heavy atom. The van der Waals surface area contributed by atoms with E-state index in [1.165, 1.54) is 6.20 Å². The van der Waals surface area contributed by atoms with Crippen LogP contribution in [0.5, 0.6) is 0 Å². The smallest absolute Gasteiger partial charge is 0.307 e. The van der Waals surface area contributed by atoms with Gasteiger partial charge in [-0.2, -0.15) is 4.98 Å². The van der Waals surface area contributed by atoms with Crippen LogP contribution in [0.2, 0.25) is 5.02 Å². The summed E-state index contributed by atoms with van der Waals surface area (Å²) in [5.74, 6) is -1.03. The first kappa shape index (κ1) is 13.8. The number of hydrogen-bond donors (Lipinski definition) is 1. The highest BCUT2D eigenvalue weighted by Crippen LogP contribution is 2.34. The summed E-state index contributed by atoms with van der Waals surface area (Å²) in [6, 6.07) is 3.37. The standard InChI is InChI=1S/C14H12ClN3O3/c15-8-5-6-11(16-7-8)12-17-13(21-18-12)9-3-1-2-4-10(9)14(19)20/h1-2,5-7,9-10H,3-4H2,(H,19,20)/t9-,10+/m1/s1. The minimum atomic E-state index is -0.853. The number of nitrogens with zero attached hydrogens (tertiary/aromatic N) is 3. The van der Waals surface area contributed by atoms with Crippen molar-refractivity contribution in [1.29, 1.82) is 0 Å². The number of carboxylic acid groups (broad SMARTS) is 1. The number of rotatable bonds is 3. The predicted molar refractivity (Wildman–Crippen MR) is 74.8 cm³/mol. The van der Waals surface area contributed by atoms with Gasteiger partial charge >= 0.3 is 5.97 Å². The molecule has 0 aromatic carbocycles. The van der Waals surface area contributed by atoms with Gasteiger partial charge in [0, 0.05) is 6.20 Å². The molecule has 0 radical (unpaired) electrons. The lowest BCUT2D eigenvalue weighted by molar-refractivity contribution is -0.142. The van der Waals surface area contributed by atoms with E-state index in [1.54, 1.807) is 12.1 Å². The van der Waals surface area contributed by atoms with Crippen LogP contribution >= 0.6 is 11.6 Å². The molecule has 2 atom stereocenters. The lowest BCUT2D eigenvalue weighted by Gasteiger charge is -2.21. The van der Waals surface area contributed by atoms with E-state index in [0.717, 1.165) is 0 Å². The van der Waals surface area contributed by atoms with Gasteiger partial charge in [-0.05, 0) is 25.0 Å². The lowest BCUT2D eigenvalue weighted by atomic mass is 9.83. The Hall–Kier alpha value is -2.21. The molecule has 1 N–H and O–H groups in total. The number of pyridine rings is 1. The molecule has 0 spiro atoms. The van der Waals surface area contributed by atoms with Crippen LogP contribution in [0.4, 0.5) is 0 Å². The molecule has 1 aliphatic carbocycles. The van der Waals surface area contributed by atoms with E-state index < -0.39 is 11.9 Å². The average molecular weight is 306 g/mol. The van der Waals surface area contributed by atoms with Crippen LogP contribution < -0.4 is 0 Å². The van der Waals surface area contributed by atoms with E-state index in [1.807, 2.05) is 12.2 Å². The number of halogens is 1. The van der Waals surface area contributed by atoms with Gasteiger partial charge in [0.15, 0.2) is 0 Å². The first-order valence-electron chi connectivity index (χ1n) is 6.48. The monoisotopic (exact) mass is 305 g/mol. The third-order valence-electron chi connectivity index (χ3n) is 3.47. The van der Waals surface area contributed by atoms with Gasteiger partial charge in [0.2, 0.25) is 11.7 Å². The molecule has 0 bridgehead atoms. The summed E-state index contributed by atoms with van der Waals surface area (Å²) in [7, 11) is 0. The second kappa shape index (κ2) is 5.65. The maximum Gasteiger partial charge on any atom is 0.307 e. The van der Waals surface area contributed by atoms with Crippen molar-refractivity contribution < 1.29 is 14.4 Å². The zero-order valence-electron chi connectivity index (χ0n) is 10.9. The van der Waals surface area contributed by atoms with Gasteiger partial charge in [-0.25, -0.2) is 0 Å². The third kappa shape index (κ3) is 2.80. The van der Waals surface area contributed by atoms with Crippen LogP contribution in [0.3, 0.4) is 0 Å². The van der Waals surface area contributed by atoms with E-state index in [-0.39, 0.29) is 5.92 Å². The summed E-state index contributed by atoms with van der Waals surface area (Å²) in [5.41, 5.74) is 0.535. The fraction of sp³-hybridized carbons (Fsp3) is 0.286. The highest BCUT2D eigenvalue weighted by atomic mass is 35.5. The number of hydrogen-bond acceptors (Lipinski definition) is 5. The summed E-state index contributed by atoms with van der Waals surface area (Å²) >= 11 is 5.78. The molecule has 3 rings (SSSR count). The molecule has 7 heteroatoms. The first-order valence-corrected chi connectivity index (χ1v) is 6.86. The molecule has 108 valence electrons. The Morgan fingerprint density at radius 2 is 2.14 bits per heavy atom. The quantitative estimate of drug-likeness (QED) is 0.877. The third-order valence-corrected chi connectivity index (χ3v) is 3.69. The molecule has 2 aromatic rings. The molecule has 21 heavy (non-hydrogen) atoms. The van der Waals surface area contributed by atoms with Gasteiger partial charge in [-0.15, -0.1) is 0 Å². The number of aliphatic carboxylic acids is 1. The van der Waals surface area contributed by atoms with Crippen LogP contribution in [-0.4, -0.2) is 26.2 Å². The van der Waals surface area contributed by atoms with Gasteiger partial charge in [-0.3, -0.25) is 9.78 Å². The molecule has 2 heterocycles. The molecule has 6 nitrogen and oxygen atoms in total. The van der Waals surface area contributed by atoms with Crippen LogP contribution in [-0.2, 0) is 4.79 Å². The van der Waals surface area contributed by atoms with E-state index >= 15 is 0 Å². The van der Waals surface area contributed by atoms with Crippen molar-refractivity contribution in [2.45, 2.75) is 18.8 Å². The molecule has 0 saturated heterocycles. The van der Waals surface area contributed by atoms with Crippen LogP contribution in [0, 0.1) is 5.92 Å². The Bertz CT molecular complexity index is 681. The minimum absolute atomic E-state index is 0.305. The first-order chi connectivity index (χ1) is 10.1. The second-order valence-electron chi connectivity index (χ2n) is 4.81. The van der Waals surface area contributed by atoms with Crippen LogP contribution in [0.25, 0.3) is 11.5 Å². The zero-order chi connectivity index (χ0) is 14.8. The summed E-state index contributed by atoms with van der Waals surface area (Å²) in [5, 5.41) is 13.7. The van der Waals surface area contributed by atoms with Crippen LogP contribution in [0.1, 0.15) is 24.7 Å². The van der Waals surface area contributed by atoms with E-state index in [0.29, 0.717) is 35.3 Å². The number of allylic oxidation sites excluding steroid dienone is 2. The topological polar surface area (TPSA) is 89.1 Å². The molecular formula is C14H12ClN3O3. The summed E-state index contributed by atoms with van der Waals surface area (Å²) in [6.45, 7) is 0. The highest BCUT2D eigenvalue weighted by Gasteiger charge is 2.34. The van der Waals surface area contributed by atoms with Crippen molar-refractivity contribution in [3.05, 3.63) is 41.4 Å². The predicted octanol–water partition coefficient (Wildman–Crippen LogP) is 2.92. The minimum Gasteiger partial charge on any atom is -0.481 e. The number of aromatic nitrogens is 3. The fourth-order valence-corrected chi connectivity index (χ4v) is 2.47. The van der Waals surface area contributed by atoms with Gasteiger partial charge in [0.25, 0.3) is 0 Å². The highest BCUT2D eigenvalue weighted by molar-refractivity contribution is 6.30. The maximum atomic E-state index is 11.3. The van der Waals surface area contributed by atoms with Gasteiger partial charge in [0.05, 0.1) is 16.9 Å². The van der Waals surface area contributed by atoms with Crippen molar-refractivity contribution >= 4 is 17.6 Å². The molecule has 0 unspecified atom stereocenters. The van der Waals surface area contributed by atoms with Gasteiger partial charge < -0.3 is 9.63 Å². The summed E-state index contributed by atoms with van der Waals surface area (Å²) < 4.78 is 5.24. The van der Waals surface area contributed by atoms with E-state index in [9.17, 15) is 9.90 Å². The Morgan fingerprint density at radius 1 is 1.33 bits per heavy atom.